The van der Waals surface area contributed by atoms with Crippen LogP contribution in [0.5, 0.6) is 0 Å². The van der Waals surface area contributed by atoms with Gasteiger partial charge in [-0.3, -0.25) is 14.4 Å². The number of carbonyl (C=O) groups excluding carboxylic acids is 3. The summed E-state index contributed by atoms with van der Waals surface area (Å²) in [5.74, 6) is -3.31. The summed E-state index contributed by atoms with van der Waals surface area (Å²) in [6.07, 6.45) is 4.43. The Bertz CT molecular complexity index is 777. The summed E-state index contributed by atoms with van der Waals surface area (Å²) in [6.45, 7) is 1.18. The van der Waals surface area contributed by atoms with Crippen LogP contribution >= 0.6 is 11.6 Å². The van der Waals surface area contributed by atoms with E-state index >= 15 is 0 Å². The molecule has 1 aliphatic heterocycles. The van der Waals surface area contributed by atoms with Crippen LogP contribution in [0.15, 0.2) is 22.8 Å². The molecule has 2 aliphatic rings. The number of ketones is 3. The van der Waals surface area contributed by atoms with Gasteiger partial charge in [0.15, 0.2) is 33.5 Å². The van der Waals surface area contributed by atoms with Crippen LogP contribution in [-0.4, -0.2) is 70.5 Å². The maximum absolute atomic E-state index is 12.9. The van der Waals surface area contributed by atoms with Crippen LogP contribution in [-0.2, 0) is 38.4 Å². The Kier molecular flexibility index (Phi) is 9.16. The van der Waals surface area contributed by atoms with E-state index in [0.717, 1.165) is 6.26 Å². The molecule has 10 heteroatoms. The van der Waals surface area contributed by atoms with E-state index in [2.05, 4.69) is 0 Å². The Balaban J connectivity index is 2.11. The molecule has 2 rings (SSSR count). The second-order valence-electron chi connectivity index (χ2n) is 6.91. The molecular formula is C19H25ClO8S. The summed E-state index contributed by atoms with van der Waals surface area (Å²) in [7, 11) is -3.30. The first-order valence-electron chi connectivity index (χ1n) is 9.32. The summed E-state index contributed by atoms with van der Waals surface area (Å²) in [4.78, 5) is 37.1. The molecule has 0 spiro atoms. The smallest absolute Gasteiger partial charge is 0.182 e. The van der Waals surface area contributed by atoms with Gasteiger partial charge in [-0.25, -0.2) is 8.42 Å². The van der Waals surface area contributed by atoms with Crippen molar-refractivity contribution in [2.24, 2.45) is 5.92 Å². The largest absolute Gasteiger partial charge is 0.376 e. The standard InChI is InChI=1S/C19H25ClO8S/c1-29(24,25)11-3-4-13(19(23)18-15(21)5-2-6-16(18)22)14(20)12-26-8-7-17-27-9-10-28-17/h3-4,17-18H,2,5-12H2,1H3/b4-3-,14-13-. The first-order valence-corrected chi connectivity index (χ1v) is 11.8. The third kappa shape index (κ3) is 7.75. The summed E-state index contributed by atoms with van der Waals surface area (Å²) in [5.41, 5.74) is -0.0858. The van der Waals surface area contributed by atoms with Gasteiger partial charge in [0, 0.05) is 31.1 Å². The molecule has 29 heavy (non-hydrogen) atoms. The van der Waals surface area contributed by atoms with Gasteiger partial charge < -0.3 is 14.2 Å². The van der Waals surface area contributed by atoms with E-state index in [1.54, 1.807) is 0 Å². The molecule has 0 aromatic carbocycles. The van der Waals surface area contributed by atoms with Crippen molar-refractivity contribution in [3.05, 3.63) is 22.8 Å². The summed E-state index contributed by atoms with van der Waals surface area (Å²) in [5, 5.41) is -0.000756. The van der Waals surface area contributed by atoms with E-state index in [1.165, 1.54) is 12.2 Å². The van der Waals surface area contributed by atoms with Gasteiger partial charge in [-0.2, -0.15) is 0 Å². The number of hydrogen-bond donors (Lipinski definition) is 0. The Labute approximate surface area is 175 Å². The number of halogens is 1. The molecule has 0 bridgehead atoms. The molecule has 0 aromatic rings. The lowest BCUT2D eigenvalue weighted by molar-refractivity contribution is -0.140. The number of carbonyl (C=O) groups is 3. The second kappa shape index (κ2) is 11.1. The van der Waals surface area contributed by atoms with Crippen LogP contribution in [0, 0.1) is 5.92 Å². The molecule has 1 heterocycles. The zero-order chi connectivity index (χ0) is 21.4. The van der Waals surface area contributed by atoms with Crippen molar-refractivity contribution < 1.29 is 37.0 Å². The number of rotatable bonds is 10. The molecule has 0 unspecified atom stereocenters. The zero-order valence-electron chi connectivity index (χ0n) is 16.2. The van der Waals surface area contributed by atoms with Crippen LogP contribution in [0.4, 0.5) is 0 Å². The number of sulfone groups is 1. The summed E-state index contributed by atoms with van der Waals surface area (Å²) < 4.78 is 38.7. The van der Waals surface area contributed by atoms with E-state index < -0.39 is 33.1 Å². The van der Waals surface area contributed by atoms with Crippen LogP contribution in [0.1, 0.15) is 25.7 Å². The van der Waals surface area contributed by atoms with Crippen LogP contribution in [0.3, 0.4) is 0 Å². The first kappa shape index (κ1) is 23.9. The highest BCUT2D eigenvalue weighted by Gasteiger charge is 2.37. The van der Waals surface area contributed by atoms with Gasteiger partial charge in [0.1, 0.15) is 5.92 Å². The second-order valence-corrected chi connectivity index (χ2v) is 9.55. The number of ether oxygens (including phenoxy) is 3. The third-order valence-electron chi connectivity index (χ3n) is 4.41. The van der Waals surface area contributed by atoms with Gasteiger partial charge in [-0.15, -0.1) is 0 Å². The van der Waals surface area contributed by atoms with E-state index in [1.807, 2.05) is 0 Å². The highest BCUT2D eigenvalue weighted by molar-refractivity contribution is 7.90. The van der Waals surface area contributed by atoms with Gasteiger partial charge in [-0.05, 0) is 6.42 Å². The molecule has 0 atom stereocenters. The highest BCUT2D eigenvalue weighted by Crippen LogP contribution is 2.24. The zero-order valence-corrected chi connectivity index (χ0v) is 17.8. The van der Waals surface area contributed by atoms with Crippen molar-refractivity contribution in [2.75, 3.05) is 38.4 Å². The lowest BCUT2D eigenvalue weighted by Gasteiger charge is -2.19. The van der Waals surface area contributed by atoms with E-state index in [-0.39, 0.29) is 48.7 Å². The molecule has 8 nitrogen and oxygen atoms in total. The first-order chi connectivity index (χ1) is 13.7. The highest BCUT2D eigenvalue weighted by atomic mass is 35.5. The molecule has 0 N–H and O–H groups in total. The Morgan fingerprint density at radius 2 is 1.83 bits per heavy atom. The van der Waals surface area contributed by atoms with Gasteiger partial charge in [0.05, 0.1) is 37.2 Å². The summed E-state index contributed by atoms with van der Waals surface area (Å²) in [6, 6.07) is 0. The SMILES string of the molecule is CS(=O)(=O)C/C=C\C(C(=O)C1C(=O)CCCC1=O)=C(\Cl)COCCC1OCCO1. The molecule has 0 radical (unpaired) electrons. The quantitative estimate of drug-likeness (QED) is 0.213. The van der Waals surface area contributed by atoms with E-state index in [0.29, 0.717) is 26.1 Å². The minimum atomic E-state index is -3.30. The maximum Gasteiger partial charge on any atom is 0.182 e. The maximum atomic E-state index is 12.9. The summed E-state index contributed by atoms with van der Waals surface area (Å²) >= 11 is 6.25. The van der Waals surface area contributed by atoms with Gasteiger partial charge in [0.2, 0.25) is 0 Å². The minimum Gasteiger partial charge on any atom is -0.376 e. The normalized spacial score (nSPS) is 20.5. The van der Waals surface area contributed by atoms with Crippen LogP contribution in [0.25, 0.3) is 0 Å². The van der Waals surface area contributed by atoms with Crippen molar-refractivity contribution >= 4 is 38.8 Å². The molecule has 1 aliphatic carbocycles. The fourth-order valence-electron chi connectivity index (χ4n) is 2.99. The Morgan fingerprint density at radius 1 is 1.21 bits per heavy atom. The average molecular weight is 449 g/mol. The molecule has 0 amide bonds. The topological polar surface area (TPSA) is 113 Å². The molecule has 1 saturated carbocycles. The van der Waals surface area contributed by atoms with E-state index in [9.17, 15) is 22.8 Å². The van der Waals surface area contributed by atoms with Crippen LogP contribution < -0.4 is 0 Å². The lowest BCUT2D eigenvalue weighted by Crippen LogP contribution is -2.36. The molecule has 0 aromatic heterocycles. The van der Waals surface area contributed by atoms with Gasteiger partial charge in [0.25, 0.3) is 0 Å². The Hall–Kier alpha value is -1.39. The molecule has 2 fully saturated rings. The number of allylic oxidation sites excluding steroid dienone is 2. The van der Waals surface area contributed by atoms with Crippen molar-refractivity contribution in [3.8, 4) is 0 Å². The average Bonchev–Trinajstić information content (AvgIpc) is 3.14. The fraction of sp³-hybridized carbons (Fsp3) is 0.632. The van der Waals surface area contributed by atoms with Crippen LogP contribution in [0.2, 0.25) is 0 Å². The fourth-order valence-corrected chi connectivity index (χ4v) is 3.67. The molecule has 1 saturated heterocycles. The van der Waals surface area contributed by atoms with Crippen molar-refractivity contribution in [3.63, 3.8) is 0 Å². The predicted octanol–water partition coefficient (Wildman–Crippen LogP) is 1.37. The number of hydrogen-bond acceptors (Lipinski definition) is 8. The van der Waals surface area contributed by atoms with Gasteiger partial charge in [-0.1, -0.05) is 23.8 Å². The monoisotopic (exact) mass is 448 g/mol. The van der Waals surface area contributed by atoms with Crippen molar-refractivity contribution in [1.29, 1.82) is 0 Å². The predicted molar refractivity (Wildman–Crippen MR) is 105 cm³/mol. The molecular weight excluding hydrogens is 424 g/mol. The van der Waals surface area contributed by atoms with Crippen molar-refractivity contribution in [1.82, 2.24) is 0 Å². The van der Waals surface area contributed by atoms with E-state index in [4.69, 9.17) is 25.8 Å². The van der Waals surface area contributed by atoms with Crippen molar-refractivity contribution in [2.45, 2.75) is 32.0 Å². The molecule has 162 valence electrons. The van der Waals surface area contributed by atoms with Gasteiger partial charge >= 0.3 is 0 Å². The third-order valence-corrected chi connectivity index (χ3v) is 5.52. The lowest BCUT2D eigenvalue weighted by atomic mass is 9.81. The minimum absolute atomic E-state index is 0.000756. The Morgan fingerprint density at radius 3 is 2.41 bits per heavy atom. The number of Topliss-reactive ketones (excluding diaryl/α,β-unsaturated/α-hetero) is 3.